The molecule has 1 unspecified atom stereocenters. The van der Waals surface area contributed by atoms with Gasteiger partial charge in [0, 0.05) is 12.0 Å². The number of carbonyl (C=O) groups excluding carboxylic acids is 2. The van der Waals surface area contributed by atoms with E-state index in [1.54, 1.807) is 0 Å². The zero-order valence-electron chi connectivity index (χ0n) is 20.9. The molecule has 0 amide bonds. The lowest BCUT2D eigenvalue weighted by molar-refractivity contribution is -0.141. The Bertz CT molecular complexity index is 495. The quantitative estimate of drug-likeness (QED) is 0.195. The van der Waals surface area contributed by atoms with E-state index in [1.165, 1.54) is 83.5 Å². The molecule has 1 fully saturated rings. The van der Waals surface area contributed by atoms with Crippen LogP contribution in [0.25, 0.3) is 0 Å². The van der Waals surface area contributed by atoms with E-state index in [1.807, 2.05) is 13.8 Å². The van der Waals surface area contributed by atoms with E-state index >= 15 is 0 Å². The van der Waals surface area contributed by atoms with Crippen molar-refractivity contribution in [3.05, 3.63) is 0 Å². The van der Waals surface area contributed by atoms with Gasteiger partial charge in [0.05, 0.1) is 11.5 Å². The third-order valence-corrected chi connectivity index (χ3v) is 6.71. The van der Waals surface area contributed by atoms with E-state index in [4.69, 9.17) is 0 Å². The molecule has 1 aliphatic heterocycles. The van der Waals surface area contributed by atoms with Gasteiger partial charge in [-0.1, -0.05) is 96.8 Å². The molecule has 1 saturated heterocycles. The lowest BCUT2D eigenvalue weighted by atomic mass is 9.72. The van der Waals surface area contributed by atoms with E-state index in [2.05, 4.69) is 26.1 Å². The Morgan fingerprint density at radius 1 is 0.767 bits per heavy atom. The Morgan fingerprint density at radius 2 is 1.17 bits per heavy atom. The van der Waals surface area contributed by atoms with Crippen LogP contribution < -0.4 is 5.32 Å². The van der Waals surface area contributed by atoms with Gasteiger partial charge in [-0.2, -0.15) is 0 Å². The van der Waals surface area contributed by atoms with Crippen LogP contribution in [0.2, 0.25) is 0 Å². The lowest BCUT2D eigenvalue weighted by Crippen LogP contribution is -2.64. The van der Waals surface area contributed by atoms with Crippen LogP contribution in [0.15, 0.2) is 0 Å². The topological polar surface area (TPSA) is 46.2 Å². The Balaban J connectivity index is 2.00. The van der Waals surface area contributed by atoms with Crippen molar-refractivity contribution < 1.29 is 9.59 Å². The third kappa shape index (κ3) is 11.1. The largest absolute Gasteiger partial charge is 0.300 e. The van der Waals surface area contributed by atoms with E-state index in [0.29, 0.717) is 12.8 Å². The zero-order chi connectivity index (χ0) is 22.5. The number of hydrogen-bond donors (Lipinski definition) is 1. The van der Waals surface area contributed by atoms with Crippen LogP contribution in [-0.4, -0.2) is 22.6 Å². The first-order valence-electron chi connectivity index (χ1n) is 13.1. The minimum Gasteiger partial charge on any atom is -0.300 e. The summed E-state index contributed by atoms with van der Waals surface area (Å²) in [5, 5.41) is 3.39. The standard InChI is InChI=1S/C27H51NO2/c1-6-7-8-9-10-11-12-13-14-15-16-17-18-19-20-21-24(29)23-22-26(2,3)28-27(4,5)25(23)30/h23,28H,6-22H2,1-5H3. The average molecular weight is 422 g/mol. The van der Waals surface area contributed by atoms with Crippen molar-refractivity contribution in [3.63, 3.8) is 0 Å². The molecule has 3 nitrogen and oxygen atoms in total. The van der Waals surface area contributed by atoms with E-state index in [9.17, 15) is 9.59 Å². The maximum absolute atomic E-state index is 12.7. The normalized spacial score (nSPS) is 20.4. The van der Waals surface area contributed by atoms with Gasteiger partial charge in [-0.15, -0.1) is 0 Å². The summed E-state index contributed by atoms with van der Waals surface area (Å²) in [6, 6.07) is 0. The molecular weight excluding hydrogens is 370 g/mol. The second-order valence-electron chi connectivity index (χ2n) is 10.9. The molecule has 1 N–H and O–H groups in total. The van der Waals surface area contributed by atoms with Gasteiger partial charge in [0.2, 0.25) is 0 Å². The third-order valence-electron chi connectivity index (χ3n) is 6.71. The number of ketones is 2. The highest BCUT2D eigenvalue weighted by atomic mass is 16.2. The van der Waals surface area contributed by atoms with Crippen LogP contribution in [-0.2, 0) is 9.59 Å². The smallest absolute Gasteiger partial charge is 0.162 e. The highest BCUT2D eigenvalue weighted by Crippen LogP contribution is 2.31. The summed E-state index contributed by atoms with van der Waals surface area (Å²) in [4.78, 5) is 25.3. The molecule has 0 radical (unpaired) electrons. The molecule has 0 aromatic rings. The Hall–Kier alpha value is -0.700. The van der Waals surface area contributed by atoms with Crippen molar-refractivity contribution in [1.29, 1.82) is 0 Å². The van der Waals surface area contributed by atoms with Crippen molar-refractivity contribution in [2.75, 3.05) is 0 Å². The highest BCUT2D eigenvalue weighted by Gasteiger charge is 2.46. The minimum atomic E-state index is -0.600. The molecule has 0 aromatic carbocycles. The van der Waals surface area contributed by atoms with Crippen molar-refractivity contribution in [1.82, 2.24) is 5.32 Å². The molecule has 1 heterocycles. The number of carbonyl (C=O) groups is 2. The van der Waals surface area contributed by atoms with Crippen LogP contribution in [0.3, 0.4) is 0 Å². The first-order valence-corrected chi connectivity index (χ1v) is 13.1. The van der Waals surface area contributed by atoms with Crippen LogP contribution in [0.4, 0.5) is 0 Å². The summed E-state index contributed by atoms with van der Waals surface area (Å²) in [5.41, 5.74) is -0.760. The minimum absolute atomic E-state index is 0.0767. The second kappa shape index (κ2) is 14.4. The van der Waals surface area contributed by atoms with Crippen molar-refractivity contribution >= 4 is 11.6 Å². The summed E-state index contributed by atoms with van der Waals surface area (Å²) in [5.74, 6) is -0.173. The number of unbranched alkanes of at least 4 members (excludes halogenated alkanes) is 14. The predicted octanol–water partition coefficient (Wildman–Crippen LogP) is 7.55. The summed E-state index contributed by atoms with van der Waals surface area (Å²) < 4.78 is 0. The van der Waals surface area contributed by atoms with Crippen molar-refractivity contribution in [2.45, 2.75) is 155 Å². The maximum atomic E-state index is 12.7. The van der Waals surface area contributed by atoms with Crippen molar-refractivity contribution in [2.24, 2.45) is 5.92 Å². The summed E-state index contributed by atoms with van der Waals surface area (Å²) in [6.07, 6.45) is 21.1. The Labute approximate surface area is 187 Å². The molecule has 0 saturated carbocycles. The summed E-state index contributed by atoms with van der Waals surface area (Å²) in [6.45, 7) is 10.3. The molecule has 0 spiro atoms. The Morgan fingerprint density at radius 3 is 1.60 bits per heavy atom. The van der Waals surface area contributed by atoms with Gasteiger partial charge in [0.1, 0.15) is 5.78 Å². The number of hydrogen-bond acceptors (Lipinski definition) is 3. The van der Waals surface area contributed by atoms with Crippen molar-refractivity contribution in [3.8, 4) is 0 Å². The molecule has 1 atom stereocenters. The fourth-order valence-electron chi connectivity index (χ4n) is 5.10. The molecule has 0 bridgehead atoms. The van der Waals surface area contributed by atoms with Crippen LogP contribution in [0, 0.1) is 5.92 Å². The van der Waals surface area contributed by atoms with Crippen LogP contribution >= 0.6 is 0 Å². The molecule has 176 valence electrons. The molecule has 0 aromatic heterocycles. The van der Waals surface area contributed by atoms with Gasteiger partial charge < -0.3 is 5.32 Å². The van der Waals surface area contributed by atoms with Crippen LogP contribution in [0.1, 0.15) is 144 Å². The molecule has 1 aliphatic rings. The molecule has 3 heteroatoms. The fourth-order valence-corrected chi connectivity index (χ4v) is 5.10. The SMILES string of the molecule is CCCCCCCCCCCCCCCCCC(=O)C1CC(C)(C)NC(C)(C)C1=O. The first-order chi connectivity index (χ1) is 14.2. The molecule has 0 aliphatic carbocycles. The number of rotatable bonds is 17. The number of piperidine rings is 1. The molecule has 30 heavy (non-hydrogen) atoms. The van der Waals surface area contributed by atoms with Gasteiger partial charge in [-0.25, -0.2) is 0 Å². The van der Waals surface area contributed by atoms with Crippen LogP contribution in [0.5, 0.6) is 0 Å². The lowest BCUT2D eigenvalue weighted by Gasteiger charge is -2.44. The first kappa shape index (κ1) is 27.3. The summed E-state index contributed by atoms with van der Waals surface area (Å²) >= 11 is 0. The predicted molar refractivity (Wildman–Crippen MR) is 129 cm³/mol. The second-order valence-corrected chi connectivity index (χ2v) is 10.9. The highest BCUT2D eigenvalue weighted by molar-refractivity contribution is 6.07. The molecule has 1 rings (SSSR count). The van der Waals surface area contributed by atoms with E-state index < -0.39 is 11.5 Å². The van der Waals surface area contributed by atoms with Gasteiger partial charge >= 0.3 is 0 Å². The van der Waals surface area contributed by atoms with E-state index in [0.717, 1.165) is 12.8 Å². The van der Waals surface area contributed by atoms with Gasteiger partial charge in [0.15, 0.2) is 5.78 Å². The van der Waals surface area contributed by atoms with Gasteiger partial charge in [-0.05, 0) is 40.5 Å². The number of Topliss-reactive ketones (excluding diaryl/α,β-unsaturated/α-hetero) is 2. The van der Waals surface area contributed by atoms with E-state index in [-0.39, 0.29) is 17.1 Å². The van der Waals surface area contributed by atoms with Gasteiger partial charge in [-0.3, -0.25) is 9.59 Å². The van der Waals surface area contributed by atoms with Gasteiger partial charge in [0.25, 0.3) is 0 Å². The summed E-state index contributed by atoms with van der Waals surface area (Å²) in [7, 11) is 0. The Kier molecular flexibility index (Phi) is 13.1. The monoisotopic (exact) mass is 421 g/mol. The number of nitrogens with one attached hydrogen (secondary N) is 1. The zero-order valence-corrected chi connectivity index (χ0v) is 20.9. The fraction of sp³-hybridized carbons (Fsp3) is 0.926. The maximum Gasteiger partial charge on any atom is 0.162 e. The average Bonchev–Trinajstić information content (AvgIpc) is 2.66. The molecular formula is C27H51NO2.